The number of likely N-dealkylation sites (tertiary alicyclic amines) is 1. The van der Waals surface area contributed by atoms with E-state index in [0.29, 0.717) is 18.7 Å². The van der Waals surface area contributed by atoms with Gasteiger partial charge in [0.05, 0.1) is 12.2 Å². The van der Waals surface area contributed by atoms with Crippen molar-refractivity contribution in [2.75, 3.05) is 13.1 Å². The lowest BCUT2D eigenvalue weighted by molar-refractivity contribution is -0.123. The summed E-state index contributed by atoms with van der Waals surface area (Å²) in [5.41, 5.74) is -0.494. The number of carbonyl (C=O) groups is 3. The van der Waals surface area contributed by atoms with Gasteiger partial charge in [-0.3, -0.25) is 14.9 Å². The first-order chi connectivity index (χ1) is 9.02. The van der Waals surface area contributed by atoms with Crippen LogP contribution in [0.4, 0.5) is 4.79 Å². The van der Waals surface area contributed by atoms with Gasteiger partial charge in [0.2, 0.25) is 5.76 Å². The SMILES string of the molecule is Cc1ncoc1C(=O)N1CCC2(C1)NC(=O)NC2=O. The van der Waals surface area contributed by atoms with Crippen LogP contribution in [-0.4, -0.2) is 46.4 Å². The van der Waals surface area contributed by atoms with Crippen molar-refractivity contribution in [2.24, 2.45) is 0 Å². The van der Waals surface area contributed by atoms with Gasteiger partial charge in [0.25, 0.3) is 11.8 Å². The number of oxazole rings is 1. The summed E-state index contributed by atoms with van der Waals surface area (Å²) >= 11 is 0. The van der Waals surface area contributed by atoms with Crippen molar-refractivity contribution in [3.05, 3.63) is 17.8 Å². The van der Waals surface area contributed by atoms with Gasteiger partial charge in [-0.15, -0.1) is 0 Å². The van der Waals surface area contributed by atoms with E-state index in [4.69, 9.17) is 4.42 Å². The number of hydrogen-bond donors (Lipinski definition) is 2. The first-order valence-electron chi connectivity index (χ1n) is 5.85. The number of nitrogens with zero attached hydrogens (tertiary/aromatic N) is 2. The van der Waals surface area contributed by atoms with Gasteiger partial charge in [-0.1, -0.05) is 0 Å². The van der Waals surface area contributed by atoms with Gasteiger partial charge in [0, 0.05) is 6.54 Å². The van der Waals surface area contributed by atoms with Crippen molar-refractivity contribution in [1.82, 2.24) is 20.5 Å². The number of amides is 4. The summed E-state index contributed by atoms with van der Waals surface area (Å²) in [5, 5.41) is 4.78. The van der Waals surface area contributed by atoms with E-state index in [9.17, 15) is 14.4 Å². The fourth-order valence-electron chi connectivity index (χ4n) is 2.45. The molecule has 0 bridgehead atoms. The van der Waals surface area contributed by atoms with E-state index >= 15 is 0 Å². The Bertz CT molecular complexity index is 581. The molecule has 8 nitrogen and oxygen atoms in total. The highest BCUT2D eigenvalue weighted by atomic mass is 16.3. The Morgan fingerprint density at radius 3 is 2.89 bits per heavy atom. The average molecular weight is 264 g/mol. The lowest BCUT2D eigenvalue weighted by Gasteiger charge is -2.20. The molecule has 4 amide bonds. The number of nitrogens with one attached hydrogen (secondary N) is 2. The van der Waals surface area contributed by atoms with Crippen molar-refractivity contribution in [3.8, 4) is 0 Å². The first-order valence-corrected chi connectivity index (χ1v) is 5.85. The number of carbonyl (C=O) groups excluding carboxylic acids is 3. The smallest absolute Gasteiger partial charge is 0.322 e. The van der Waals surface area contributed by atoms with Crippen LogP contribution in [0.25, 0.3) is 0 Å². The molecule has 2 N–H and O–H groups in total. The normalized spacial score (nSPS) is 25.8. The minimum Gasteiger partial charge on any atom is -0.438 e. The molecule has 0 saturated carbocycles. The van der Waals surface area contributed by atoms with Crippen molar-refractivity contribution in [1.29, 1.82) is 0 Å². The molecule has 1 unspecified atom stereocenters. The summed E-state index contributed by atoms with van der Waals surface area (Å²) in [6.07, 6.45) is 1.60. The molecular formula is C11H12N4O4. The highest BCUT2D eigenvalue weighted by Gasteiger charge is 2.52. The molecule has 3 rings (SSSR count). The summed E-state index contributed by atoms with van der Waals surface area (Å²) in [6, 6.07) is -0.518. The fraction of sp³-hybridized carbons (Fsp3) is 0.455. The molecule has 2 fully saturated rings. The van der Waals surface area contributed by atoms with E-state index in [0.717, 1.165) is 0 Å². The summed E-state index contributed by atoms with van der Waals surface area (Å²) < 4.78 is 5.05. The number of rotatable bonds is 1. The molecule has 2 aliphatic heterocycles. The third-order valence-electron chi connectivity index (χ3n) is 3.51. The van der Waals surface area contributed by atoms with E-state index in [-0.39, 0.29) is 24.1 Å². The van der Waals surface area contributed by atoms with Crippen LogP contribution < -0.4 is 10.6 Å². The van der Waals surface area contributed by atoms with Gasteiger partial charge >= 0.3 is 6.03 Å². The molecule has 0 aromatic carbocycles. The predicted octanol–water partition coefficient (Wildman–Crippen LogP) is -0.593. The van der Waals surface area contributed by atoms with Crippen molar-refractivity contribution >= 4 is 17.8 Å². The van der Waals surface area contributed by atoms with Crippen molar-refractivity contribution in [2.45, 2.75) is 18.9 Å². The highest BCUT2D eigenvalue weighted by molar-refractivity contribution is 6.08. The standard InChI is InChI=1S/C11H12N4O4/c1-6-7(19-5-12-6)8(16)15-3-2-11(4-15)9(17)13-10(18)14-11/h5H,2-4H2,1H3,(H2,13,14,17,18). The van der Waals surface area contributed by atoms with E-state index in [1.165, 1.54) is 11.3 Å². The second-order valence-electron chi connectivity index (χ2n) is 4.73. The number of hydrogen-bond acceptors (Lipinski definition) is 5. The first kappa shape index (κ1) is 11.7. The summed E-state index contributed by atoms with van der Waals surface area (Å²) in [7, 11) is 0. The summed E-state index contributed by atoms with van der Waals surface area (Å²) in [6.45, 7) is 2.20. The zero-order valence-corrected chi connectivity index (χ0v) is 10.2. The Labute approximate surface area is 108 Å². The minimum atomic E-state index is -0.999. The molecule has 19 heavy (non-hydrogen) atoms. The Hall–Kier alpha value is -2.38. The zero-order valence-electron chi connectivity index (χ0n) is 10.2. The van der Waals surface area contributed by atoms with Crippen LogP contribution in [-0.2, 0) is 4.79 Å². The van der Waals surface area contributed by atoms with Gasteiger partial charge in [-0.05, 0) is 13.3 Å². The topological polar surface area (TPSA) is 105 Å². The molecule has 2 aliphatic rings. The third kappa shape index (κ3) is 1.67. The second-order valence-corrected chi connectivity index (χ2v) is 4.73. The quantitative estimate of drug-likeness (QED) is 0.659. The predicted molar refractivity (Wildman–Crippen MR) is 61.2 cm³/mol. The molecule has 1 aromatic rings. The van der Waals surface area contributed by atoms with E-state index in [1.807, 2.05) is 0 Å². The van der Waals surface area contributed by atoms with Gasteiger partial charge < -0.3 is 14.6 Å². The Balaban J connectivity index is 1.80. The molecule has 1 spiro atoms. The van der Waals surface area contributed by atoms with Gasteiger partial charge in [0.1, 0.15) is 5.54 Å². The maximum Gasteiger partial charge on any atom is 0.322 e. The maximum absolute atomic E-state index is 12.2. The van der Waals surface area contributed by atoms with Crippen LogP contribution in [0, 0.1) is 6.92 Å². The molecular weight excluding hydrogens is 252 g/mol. The second kappa shape index (κ2) is 3.81. The average Bonchev–Trinajstić information content (AvgIpc) is 3.01. The maximum atomic E-state index is 12.2. The molecule has 2 saturated heterocycles. The molecule has 0 radical (unpaired) electrons. The molecule has 1 atom stereocenters. The van der Waals surface area contributed by atoms with Crippen LogP contribution in [0.3, 0.4) is 0 Å². The molecule has 1 aromatic heterocycles. The Kier molecular flexibility index (Phi) is 2.34. The monoisotopic (exact) mass is 264 g/mol. The van der Waals surface area contributed by atoms with Gasteiger partial charge in [-0.25, -0.2) is 9.78 Å². The number of aromatic nitrogens is 1. The minimum absolute atomic E-state index is 0.142. The van der Waals surface area contributed by atoms with Crippen LogP contribution in [0.2, 0.25) is 0 Å². The van der Waals surface area contributed by atoms with E-state index in [2.05, 4.69) is 15.6 Å². The van der Waals surface area contributed by atoms with E-state index < -0.39 is 11.6 Å². The third-order valence-corrected chi connectivity index (χ3v) is 3.51. The highest BCUT2D eigenvalue weighted by Crippen LogP contribution is 2.26. The van der Waals surface area contributed by atoms with Gasteiger partial charge in [0.15, 0.2) is 6.39 Å². The summed E-state index contributed by atoms with van der Waals surface area (Å²) in [4.78, 5) is 40.5. The number of urea groups is 1. The molecule has 8 heteroatoms. The largest absolute Gasteiger partial charge is 0.438 e. The zero-order chi connectivity index (χ0) is 13.6. The van der Waals surface area contributed by atoms with Crippen LogP contribution in [0.5, 0.6) is 0 Å². The van der Waals surface area contributed by atoms with Crippen molar-refractivity contribution < 1.29 is 18.8 Å². The van der Waals surface area contributed by atoms with E-state index in [1.54, 1.807) is 6.92 Å². The molecule has 100 valence electrons. The Morgan fingerprint density at radius 2 is 2.32 bits per heavy atom. The lowest BCUT2D eigenvalue weighted by atomic mass is 10.00. The fourth-order valence-corrected chi connectivity index (χ4v) is 2.45. The summed E-state index contributed by atoms with van der Waals surface area (Å²) in [5.74, 6) is -0.537. The van der Waals surface area contributed by atoms with Gasteiger partial charge in [-0.2, -0.15) is 0 Å². The van der Waals surface area contributed by atoms with Crippen LogP contribution >= 0.6 is 0 Å². The number of aryl methyl sites for hydroxylation is 1. The van der Waals surface area contributed by atoms with Crippen molar-refractivity contribution in [3.63, 3.8) is 0 Å². The van der Waals surface area contributed by atoms with Crippen LogP contribution in [0.15, 0.2) is 10.8 Å². The van der Waals surface area contributed by atoms with Crippen LogP contribution in [0.1, 0.15) is 22.7 Å². The number of imide groups is 1. The Morgan fingerprint density at radius 1 is 1.53 bits per heavy atom. The molecule has 3 heterocycles. The lowest BCUT2D eigenvalue weighted by Crippen LogP contribution is -2.49. The molecule has 0 aliphatic carbocycles.